The Morgan fingerprint density at radius 2 is 1.78 bits per heavy atom. The molecule has 3 amide bonds. The number of benzene rings is 2. The van der Waals surface area contributed by atoms with Gasteiger partial charge in [0.25, 0.3) is 5.91 Å². The molecule has 0 bridgehead atoms. The van der Waals surface area contributed by atoms with Crippen molar-refractivity contribution in [3.63, 3.8) is 0 Å². The number of halogens is 1. The number of anilines is 1. The van der Waals surface area contributed by atoms with E-state index in [-0.39, 0.29) is 17.6 Å². The summed E-state index contributed by atoms with van der Waals surface area (Å²) in [6.45, 7) is 0. The average molecular weight is 361 g/mol. The largest absolute Gasteiger partial charge is 0.329 e. The number of amides is 3. The highest BCUT2D eigenvalue weighted by Crippen LogP contribution is 2.49. The van der Waals surface area contributed by atoms with Gasteiger partial charge in [0.1, 0.15) is 11.4 Å². The average Bonchev–Trinajstić information content (AvgIpc) is 2.91. The number of aromatic nitrogens is 1. The standard InChI is InChI=1S/C21H16FN3O2/c22-17-8-4-3-6-15(17)14-9-21(10-14)19(26)25(20(27)24-21)18-12-23-11-13-5-1-2-7-16(13)18/h1-8,11-12,14H,9-10H2,(H,24,27). The van der Waals surface area contributed by atoms with Crippen molar-refractivity contribution in [3.8, 4) is 0 Å². The van der Waals surface area contributed by atoms with E-state index in [0.29, 0.717) is 24.1 Å². The maximum absolute atomic E-state index is 14.0. The Bertz CT molecular complexity index is 1090. The number of nitrogens with zero attached hydrogens (tertiary/aromatic N) is 2. The van der Waals surface area contributed by atoms with Crippen LogP contribution in [0, 0.1) is 5.82 Å². The first-order chi connectivity index (χ1) is 13.1. The number of carbonyl (C=O) groups is 2. The van der Waals surface area contributed by atoms with Gasteiger partial charge in [-0.2, -0.15) is 0 Å². The zero-order chi connectivity index (χ0) is 18.6. The van der Waals surface area contributed by atoms with Gasteiger partial charge in [0, 0.05) is 17.0 Å². The lowest BCUT2D eigenvalue weighted by Gasteiger charge is -2.42. The van der Waals surface area contributed by atoms with Crippen molar-refractivity contribution in [1.29, 1.82) is 0 Å². The summed E-state index contributed by atoms with van der Waals surface area (Å²) in [5.74, 6) is -0.650. The molecule has 1 spiro atoms. The van der Waals surface area contributed by atoms with Crippen molar-refractivity contribution in [2.24, 2.45) is 0 Å². The molecule has 1 aliphatic heterocycles. The second-order valence-corrected chi connectivity index (χ2v) is 7.16. The molecule has 3 aromatic rings. The lowest BCUT2D eigenvalue weighted by molar-refractivity contribution is -0.125. The van der Waals surface area contributed by atoms with E-state index in [1.807, 2.05) is 24.3 Å². The molecule has 2 fully saturated rings. The van der Waals surface area contributed by atoms with Gasteiger partial charge in [-0.15, -0.1) is 0 Å². The van der Waals surface area contributed by atoms with Gasteiger partial charge in [-0.05, 0) is 30.4 Å². The number of rotatable bonds is 2. The second-order valence-electron chi connectivity index (χ2n) is 7.16. The van der Waals surface area contributed by atoms with Crippen molar-refractivity contribution >= 4 is 28.4 Å². The zero-order valence-corrected chi connectivity index (χ0v) is 14.4. The Balaban J connectivity index is 1.47. The molecule has 1 aliphatic carbocycles. The van der Waals surface area contributed by atoms with Crippen molar-refractivity contribution in [1.82, 2.24) is 10.3 Å². The van der Waals surface area contributed by atoms with E-state index >= 15 is 0 Å². The van der Waals surface area contributed by atoms with Crippen LogP contribution in [0.4, 0.5) is 14.9 Å². The number of fused-ring (bicyclic) bond motifs is 1. The Kier molecular flexibility index (Phi) is 3.31. The fourth-order valence-electron chi connectivity index (χ4n) is 4.20. The molecule has 27 heavy (non-hydrogen) atoms. The Morgan fingerprint density at radius 3 is 2.59 bits per heavy atom. The first-order valence-electron chi connectivity index (χ1n) is 8.83. The van der Waals surface area contributed by atoms with Crippen LogP contribution < -0.4 is 10.2 Å². The summed E-state index contributed by atoms with van der Waals surface area (Å²) in [7, 11) is 0. The van der Waals surface area contributed by atoms with Gasteiger partial charge >= 0.3 is 6.03 Å². The van der Waals surface area contributed by atoms with E-state index < -0.39 is 11.6 Å². The second kappa shape index (κ2) is 5.61. The fraction of sp³-hybridized carbons (Fsp3) is 0.190. The van der Waals surface area contributed by atoms with E-state index in [4.69, 9.17) is 0 Å². The van der Waals surface area contributed by atoms with Crippen LogP contribution in [-0.2, 0) is 4.79 Å². The summed E-state index contributed by atoms with van der Waals surface area (Å²) >= 11 is 0. The number of pyridine rings is 1. The molecule has 2 aromatic carbocycles. The van der Waals surface area contributed by atoms with Gasteiger partial charge in [0.05, 0.1) is 11.9 Å². The van der Waals surface area contributed by atoms with E-state index in [9.17, 15) is 14.0 Å². The molecule has 0 radical (unpaired) electrons. The highest BCUT2D eigenvalue weighted by molar-refractivity contribution is 6.26. The molecule has 0 unspecified atom stereocenters. The molecule has 0 atom stereocenters. The Labute approximate surface area is 154 Å². The maximum Gasteiger partial charge on any atom is 0.329 e. The molecular weight excluding hydrogens is 345 g/mol. The summed E-state index contributed by atoms with van der Waals surface area (Å²) < 4.78 is 14.0. The first-order valence-corrected chi connectivity index (χ1v) is 8.83. The SMILES string of the molecule is O=C1NC2(CC(c3ccccc3F)C2)C(=O)N1c1cncc2ccccc12. The van der Waals surface area contributed by atoms with Gasteiger partial charge in [-0.1, -0.05) is 42.5 Å². The van der Waals surface area contributed by atoms with Gasteiger partial charge in [-0.3, -0.25) is 9.78 Å². The van der Waals surface area contributed by atoms with E-state index in [1.54, 1.807) is 24.4 Å². The van der Waals surface area contributed by atoms with Crippen LogP contribution >= 0.6 is 0 Å². The number of nitrogens with one attached hydrogen (secondary N) is 1. The third-order valence-electron chi connectivity index (χ3n) is 5.58. The fourth-order valence-corrected chi connectivity index (χ4v) is 4.20. The number of imide groups is 1. The molecule has 6 heteroatoms. The smallest absolute Gasteiger partial charge is 0.323 e. The third kappa shape index (κ3) is 2.26. The van der Waals surface area contributed by atoms with Gasteiger partial charge in [-0.25, -0.2) is 14.1 Å². The molecule has 1 saturated carbocycles. The summed E-state index contributed by atoms with van der Waals surface area (Å²) in [6.07, 6.45) is 4.02. The molecule has 134 valence electrons. The maximum atomic E-state index is 14.0. The number of hydrogen-bond donors (Lipinski definition) is 1. The number of hydrogen-bond acceptors (Lipinski definition) is 3. The quantitative estimate of drug-likeness (QED) is 0.707. The van der Waals surface area contributed by atoms with Crippen LogP contribution in [0.2, 0.25) is 0 Å². The van der Waals surface area contributed by atoms with E-state index in [0.717, 1.165) is 10.8 Å². The van der Waals surface area contributed by atoms with Crippen LogP contribution in [0.15, 0.2) is 60.9 Å². The van der Waals surface area contributed by atoms with Crippen LogP contribution in [0.1, 0.15) is 24.3 Å². The highest BCUT2D eigenvalue weighted by Gasteiger charge is 2.59. The minimum Gasteiger partial charge on any atom is -0.323 e. The van der Waals surface area contributed by atoms with Crippen LogP contribution in [-0.4, -0.2) is 22.5 Å². The van der Waals surface area contributed by atoms with Gasteiger partial charge in [0.2, 0.25) is 0 Å². The van der Waals surface area contributed by atoms with Crippen molar-refractivity contribution in [3.05, 3.63) is 72.3 Å². The minimum absolute atomic E-state index is 0.0824. The van der Waals surface area contributed by atoms with Crippen LogP contribution in [0.3, 0.4) is 0 Å². The summed E-state index contributed by atoms with van der Waals surface area (Å²) in [4.78, 5) is 31.1. The first kappa shape index (κ1) is 15.9. The van der Waals surface area contributed by atoms with E-state index in [1.165, 1.54) is 17.2 Å². The summed E-state index contributed by atoms with van der Waals surface area (Å²) in [5.41, 5.74) is 0.110. The summed E-state index contributed by atoms with van der Waals surface area (Å²) in [5, 5.41) is 4.48. The Hall–Kier alpha value is -3.28. The molecule has 2 aliphatic rings. The predicted octanol–water partition coefficient (Wildman–Crippen LogP) is 3.75. The van der Waals surface area contributed by atoms with Gasteiger partial charge < -0.3 is 5.32 Å². The Morgan fingerprint density at radius 1 is 1.04 bits per heavy atom. The lowest BCUT2D eigenvalue weighted by atomic mass is 9.65. The predicted molar refractivity (Wildman–Crippen MR) is 98.9 cm³/mol. The van der Waals surface area contributed by atoms with Crippen molar-refractivity contribution < 1.29 is 14.0 Å². The monoisotopic (exact) mass is 361 g/mol. The third-order valence-corrected chi connectivity index (χ3v) is 5.58. The molecule has 2 heterocycles. The molecule has 1 N–H and O–H groups in total. The lowest BCUT2D eigenvalue weighted by Crippen LogP contribution is -2.56. The normalized spacial score (nSPS) is 24.3. The number of carbonyl (C=O) groups excluding carboxylic acids is 2. The molecule has 1 saturated heterocycles. The zero-order valence-electron chi connectivity index (χ0n) is 14.4. The van der Waals surface area contributed by atoms with Gasteiger partial charge in [0.15, 0.2) is 0 Å². The van der Waals surface area contributed by atoms with Crippen molar-refractivity contribution in [2.75, 3.05) is 4.90 Å². The molecule has 5 nitrogen and oxygen atoms in total. The highest BCUT2D eigenvalue weighted by atomic mass is 19.1. The molecular formula is C21H16FN3O2. The van der Waals surface area contributed by atoms with Crippen LogP contribution in [0.5, 0.6) is 0 Å². The molecule has 1 aromatic heterocycles. The topological polar surface area (TPSA) is 62.3 Å². The molecule has 5 rings (SSSR count). The summed E-state index contributed by atoms with van der Waals surface area (Å²) in [6, 6.07) is 13.6. The van der Waals surface area contributed by atoms with E-state index in [2.05, 4.69) is 10.3 Å². The van der Waals surface area contributed by atoms with Crippen LogP contribution in [0.25, 0.3) is 10.8 Å². The van der Waals surface area contributed by atoms with Crippen molar-refractivity contribution in [2.45, 2.75) is 24.3 Å². The number of urea groups is 1. The minimum atomic E-state index is -0.957.